The van der Waals surface area contributed by atoms with Gasteiger partial charge < -0.3 is 18.4 Å². The van der Waals surface area contributed by atoms with Crippen LogP contribution in [0.2, 0.25) is 0 Å². The van der Waals surface area contributed by atoms with E-state index in [1.807, 2.05) is 24.3 Å². The maximum absolute atomic E-state index is 6.69. The fourth-order valence-electron chi connectivity index (χ4n) is 13.1. The molecule has 0 amide bonds. The first-order valence-corrected chi connectivity index (χ1v) is 32.2. The second-order valence-corrected chi connectivity index (χ2v) is 24.2. The molecule has 0 spiro atoms. The Bertz CT molecular complexity index is 5640. The number of fused-ring (bicyclic) bond motifs is 8. The fraction of sp³-hybridized carbons (Fsp3) is 0.0112. The summed E-state index contributed by atoms with van der Waals surface area (Å²) in [5.41, 5.74) is 26.1. The number of nitrogens with one attached hydrogen (secondary N) is 1. The van der Waals surface area contributed by atoms with Crippen LogP contribution in [0.3, 0.4) is 0 Å². The molecule has 14 aromatic carbocycles. The third kappa shape index (κ3) is 11.3. The number of hydrogen-bond acceptors (Lipinski definition) is 2. The number of aromatic nitrogens is 2. The molecular weight excluding hydrogens is 1210 g/mol. The number of benzene rings is 14. The average Bonchev–Trinajstić information content (AvgIpc) is 1.63. The molecule has 94 heavy (non-hydrogen) atoms. The van der Waals surface area contributed by atoms with E-state index >= 15 is 0 Å². The smallest absolute Gasteiger partial charge is 0.143 e. The lowest BCUT2D eigenvalue weighted by molar-refractivity contribution is 0.670. The van der Waals surface area contributed by atoms with Gasteiger partial charge in [0.2, 0.25) is 0 Å². The summed E-state index contributed by atoms with van der Waals surface area (Å²) in [6.07, 6.45) is 4.36. The van der Waals surface area contributed by atoms with E-state index in [-0.39, 0.29) is 7.43 Å². The minimum atomic E-state index is 0. The molecule has 448 valence electrons. The van der Waals surface area contributed by atoms with Gasteiger partial charge in [0.25, 0.3) is 0 Å². The molecule has 4 heterocycles. The third-order valence-corrected chi connectivity index (χ3v) is 18.2. The van der Waals surface area contributed by atoms with Crippen molar-refractivity contribution in [3.63, 3.8) is 0 Å². The SMILES string of the molecule is Brc1ccc(-c2cccc3c2oc2c(-c4ccccc4)cccc23)cc1.C.c1ccc(-c2ccc3[nH]cc(-c4ccccc4)c3c2)cc1.c1ccc(-c2ccc3c(c2)c(-c2ccccc2)cn3-c2ccc(-c3cccc4c3oc3c(-c5ccccc5)cccc34)cc2)cc1. The number of aromatic amines is 1. The maximum atomic E-state index is 6.69. The lowest BCUT2D eigenvalue weighted by Crippen LogP contribution is -1.92. The van der Waals surface area contributed by atoms with Gasteiger partial charge in [-0.3, -0.25) is 0 Å². The first kappa shape index (κ1) is 58.6. The van der Waals surface area contributed by atoms with Gasteiger partial charge in [-0.15, -0.1) is 0 Å². The van der Waals surface area contributed by atoms with Crippen LogP contribution < -0.4 is 0 Å². The van der Waals surface area contributed by atoms with Crippen molar-refractivity contribution in [2.45, 2.75) is 7.43 Å². The number of furan rings is 2. The first-order valence-electron chi connectivity index (χ1n) is 31.4. The van der Waals surface area contributed by atoms with Gasteiger partial charge in [0, 0.05) is 93.8 Å². The van der Waals surface area contributed by atoms with E-state index in [0.717, 1.165) is 93.0 Å². The number of rotatable bonds is 9. The minimum absolute atomic E-state index is 0. The van der Waals surface area contributed by atoms with E-state index in [2.05, 4.69) is 353 Å². The molecular formula is C89H63BrN2O2. The van der Waals surface area contributed by atoms with Crippen LogP contribution in [0.5, 0.6) is 0 Å². The van der Waals surface area contributed by atoms with E-state index in [9.17, 15) is 0 Å². The lowest BCUT2D eigenvalue weighted by atomic mass is 10.00. The zero-order chi connectivity index (χ0) is 62.0. The number of H-pyrrole nitrogens is 1. The molecule has 4 nitrogen and oxygen atoms in total. The zero-order valence-electron chi connectivity index (χ0n) is 50.6. The highest BCUT2D eigenvalue weighted by molar-refractivity contribution is 9.10. The fourth-order valence-corrected chi connectivity index (χ4v) is 13.4. The predicted molar refractivity (Wildman–Crippen MR) is 400 cm³/mol. The average molecular weight is 1270 g/mol. The van der Waals surface area contributed by atoms with Crippen LogP contribution in [-0.2, 0) is 0 Å². The van der Waals surface area contributed by atoms with E-state index < -0.39 is 0 Å². The van der Waals surface area contributed by atoms with Gasteiger partial charge in [0.1, 0.15) is 22.3 Å². The third-order valence-electron chi connectivity index (χ3n) is 17.7. The van der Waals surface area contributed by atoms with Crippen LogP contribution in [0.15, 0.2) is 365 Å². The van der Waals surface area contributed by atoms with E-state index in [4.69, 9.17) is 8.83 Å². The van der Waals surface area contributed by atoms with Gasteiger partial charge in [-0.25, -0.2) is 0 Å². The Morgan fingerprint density at radius 2 is 0.585 bits per heavy atom. The summed E-state index contributed by atoms with van der Waals surface area (Å²) in [6.45, 7) is 0. The summed E-state index contributed by atoms with van der Waals surface area (Å²) in [4.78, 5) is 3.37. The van der Waals surface area contributed by atoms with Crippen molar-refractivity contribution in [1.29, 1.82) is 0 Å². The van der Waals surface area contributed by atoms with Crippen molar-refractivity contribution in [3.8, 4) is 94.7 Å². The van der Waals surface area contributed by atoms with Crippen molar-refractivity contribution < 1.29 is 8.83 Å². The standard InChI is InChI=1S/C44H29NO.C24H15BrO.C20H15N.CH4/c1-4-12-30(13-5-1)34-24-27-42-40(28-34)41(32-16-8-3-9-17-32)29-45(42)35-25-22-33(23-26-35)37-19-11-21-39-38-20-10-18-36(43(38)46-44(37)39)31-14-6-2-7-15-31;25-18-14-12-17(13-15-18)20-9-5-11-22-21-10-4-8-19(23(21)26-24(20)22)16-6-2-1-3-7-16;1-3-7-15(8-4-1)17-11-12-20-18(13-17)19(14-21-20)16-9-5-2-6-10-16;/h1-29H;1-15H;1-14,21H;1H4. The Morgan fingerprint density at radius 1 is 0.255 bits per heavy atom. The molecule has 18 aromatic rings. The summed E-state index contributed by atoms with van der Waals surface area (Å²) in [5, 5.41) is 7.07. The summed E-state index contributed by atoms with van der Waals surface area (Å²) in [5.74, 6) is 0. The van der Waals surface area contributed by atoms with Gasteiger partial charge in [-0.2, -0.15) is 0 Å². The second kappa shape index (κ2) is 25.9. The number of hydrogen-bond donors (Lipinski definition) is 1. The van der Waals surface area contributed by atoms with Crippen LogP contribution in [-0.4, -0.2) is 9.55 Å². The van der Waals surface area contributed by atoms with Crippen molar-refractivity contribution in [2.24, 2.45) is 0 Å². The molecule has 1 N–H and O–H groups in total. The molecule has 5 heteroatoms. The summed E-state index contributed by atoms with van der Waals surface area (Å²) in [7, 11) is 0. The zero-order valence-corrected chi connectivity index (χ0v) is 52.2. The van der Waals surface area contributed by atoms with Gasteiger partial charge in [0.15, 0.2) is 0 Å². The van der Waals surface area contributed by atoms with Crippen molar-refractivity contribution in [3.05, 3.63) is 357 Å². The Labute approximate surface area is 555 Å². The first-order chi connectivity index (χ1) is 46.0. The van der Waals surface area contributed by atoms with E-state index in [1.54, 1.807) is 0 Å². The monoisotopic (exact) mass is 1270 g/mol. The van der Waals surface area contributed by atoms with Crippen LogP contribution in [0.25, 0.3) is 160 Å². The van der Waals surface area contributed by atoms with Crippen LogP contribution >= 0.6 is 15.9 Å². The molecule has 0 atom stereocenters. The Balaban J connectivity index is 0.000000128. The van der Waals surface area contributed by atoms with Crippen molar-refractivity contribution in [2.75, 3.05) is 0 Å². The summed E-state index contributed by atoms with van der Waals surface area (Å²) in [6, 6.07) is 119. The highest BCUT2D eigenvalue weighted by Crippen LogP contribution is 2.43. The number of halogens is 1. The van der Waals surface area contributed by atoms with Crippen molar-refractivity contribution >= 4 is 81.6 Å². The number of para-hydroxylation sites is 4. The largest absolute Gasteiger partial charge is 0.455 e. The Morgan fingerprint density at radius 3 is 1.00 bits per heavy atom. The second-order valence-electron chi connectivity index (χ2n) is 23.3. The molecule has 0 aliphatic rings. The lowest BCUT2D eigenvalue weighted by Gasteiger charge is -2.09. The van der Waals surface area contributed by atoms with Crippen LogP contribution in [0.4, 0.5) is 0 Å². The highest BCUT2D eigenvalue weighted by Gasteiger charge is 2.19. The molecule has 0 saturated heterocycles. The van der Waals surface area contributed by atoms with Crippen LogP contribution in [0, 0.1) is 0 Å². The van der Waals surface area contributed by atoms with Gasteiger partial charge in [-0.1, -0.05) is 315 Å². The molecule has 0 aliphatic heterocycles. The predicted octanol–water partition coefficient (Wildman–Crippen LogP) is 26.0. The molecule has 0 aliphatic carbocycles. The maximum Gasteiger partial charge on any atom is 0.143 e. The number of nitrogens with zero attached hydrogens (tertiary/aromatic N) is 1. The Hall–Kier alpha value is -11.8. The van der Waals surface area contributed by atoms with Gasteiger partial charge >= 0.3 is 0 Å². The normalized spacial score (nSPS) is 11.2. The topological polar surface area (TPSA) is 47.0 Å². The van der Waals surface area contributed by atoms with E-state index in [1.165, 1.54) is 71.9 Å². The van der Waals surface area contributed by atoms with E-state index in [0.29, 0.717) is 0 Å². The van der Waals surface area contributed by atoms with Crippen LogP contribution in [0.1, 0.15) is 7.43 Å². The molecule has 0 saturated carbocycles. The highest BCUT2D eigenvalue weighted by atomic mass is 79.9. The molecule has 0 fully saturated rings. The van der Waals surface area contributed by atoms with Gasteiger partial charge in [0.05, 0.1) is 5.52 Å². The Kier molecular flexibility index (Phi) is 16.1. The molecule has 0 bridgehead atoms. The summed E-state index contributed by atoms with van der Waals surface area (Å²) < 4.78 is 16.5. The van der Waals surface area contributed by atoms with Gasteiger partial charge in [-0.05, 0) is 104 Å². The quantitative estimate of drug-likeness (QED) is 0.157. The molecule has 0 unspecified atom stereocenters. The molecule has 18 rings (SSSR count). The molecule has 4 aromatic heterocycles. The van der Waals surface area contributed by atoms with Crippen molar-refractivity contribution in [1.82, 2.24) is 9.55 Å². The molecule has 0 radical (unpaired) electrons. The minimum Gasteiger partial charge on any atom is -0.455 e. The summed E-state index contributed by atoms with van der Waals surface area (Å²) >= 11 is 3.51.